The lowest BCUT2D eigenvalue weighted by Gasteiger charge is -2.24. The summed E-state index contributed by atoms with van der Waals surface area (Å²) < 4.78 is 0. The van der Waals surface area contributed by atoms with E-state index in [0.29, 0.717) is 18.1 Å². The molecule has 0 aliphatic heterocycles. The minimum atomic E-state index is -0.112. The van der Waals surface area contributed by atoms with Gasteiger partial charge in [-0.3, -0.25) is 15.0 Å². The summed E-state index contributed by atoms with van der Waals surface area (Å²) in [6.45, 7) is 4.20. The molecular weight excluding hydrogens is 360 g/mol. The summed E-state index contributed by atoms with van der Waals surface area (Å²) in [7, 11) is 0. The minimum Gasteiger partial charge on any atom is -0.299 e. The molecule has 0 aromatic carbocycles. The molecule has 2 atom stereocenters. The van der Waals surface area contributed by atoms with Crippen molar-refractivity contribution in [1.82, 2.24) is 5.43 Å². The first-order chi connectivity index (χ1) is 12.9. The molecule has 1 fully saturated rings. The Morgan fingerprint density at radius 3 is 2.67 bits per heavy atom. The SMILES string of the molecule is CC(C)(CCCC[C@H]1C(=O)CC[C@@H]1C=CCCCCCCCl)CC(=O)NN. The largest absolute Gasteiger partial charge is 0.299 e. The number of alkyl halides is 1. The molecule has 4 nitrogen and oxygen atoms in total. The van der Waals surface area contributed by atoms with E-state index in [1.165, 1.54) is 19.3 Å². The average molecular weight is 399 g/mol. The van der Waals surface area contributed by atoms with Crippen molar-refractivity contribution < 1.29 is 9.59 Å². The van der Waals surface area contributed by atoms with E-state index in [9.17, 15) is 9.59 Å². The molecule has 0 saturated heterocycles. The Bertz CT molecular complexity index is 477. The fourth-order valence-electron chi connectivity index (χ4n) is 4.06. The number of ketones is 1. The van der Waals surface area contributed by atoms with Gasteiger partial charge in [-0.25, -0.2) is 5.84 Å². The molecule has 1 aliphatic carbocycles. The van der Waals surface area contributed by atoms with Gasteiger partial charge in [0, 0.05) is 24.6 Å². The monoisotopic (exact) mass is 398 g/mol. The van der Waals surface area contributed by atoms with Gasteiger partial charge in [0.05, 0.1) is 0 Å². The van der Waals surface area contributed by atoms with E-state index in [0.717, 1.165) is 57.2 Å². The molecule has 0 spiro atoms. The van der Waals surface area contributed by atoms with Gasteiger partial charge in [-0.1, -0.05) is 51.7 Å². The molecule has 27 heavy (non-hydrogen) atoms. The van der Waals surface area contributed by atoms with Gasteiger partial charge in [0.2, 0.25) is 5.91 Å². The molecule has 3 N–H and O–H groups in total. The molecule has 156 valence electrons. The van der Waals surface area contributed by atoms with Crippen LogP contribution in [-0.4, -0.2) is 17.6 Å². The molecule has 0 radical (unpaired) electrons. The van der Waals surface area contributed by atoms with Gasteiger partial charge in [-0.15, -0.1) is 11.6 Å². The van der Waals surface area contributed by atoms with Crippen molar-refractivity contribution in [3.8, 4) is 0 Å². The smallest absolute Gasteiger partial charge is 0.234 e. The van der Waals surface area contributed by atoms with Crippen LogP contribution in [0.4, 0.5) is 0 Å². The topological polar surface area (TPSA) is 72.2 Å². The van der Waals surface area contributed by atoms with Gasteiger partial charge in [0.25, 0.3) is 0 Å². The minimum absolute atomic E-state index is 0.0497. The summed E-state index contributed by atoms with van der Waals surface area (Å²) in [6, 6.07) is 0. The number of hydrogen-bond donors (Lipinski definition) is 2. The lowest BCUT2D eigenvalue weighted by Crippen LogP contribution is -2.33. The van der Waals surface area contributed by atoms with Crippen LogP contribution in [0.5, 0.6) is 0 Å². The number of rotatable bonds is 14. The highest BCUT2D eigenvalue weighted by molar-refractivity contribution is 6.17. The molecule has 0 aromatic rings. The second kappa shape index (κ2) is 13.3. The third kappa shape index (κ3) is 10.3. The van der Waals surface area contributed by atoms with Gasteiger partial charge in [-0.2, -0.15) is 0 Å². The number of amides is 1. The van der Waals surface area contributed by atoms with E-state index >= 15 is 0 Å². The number of allylic oxidation sites excluding steroid dienone is 2. The molecule has 0 bridgehead atoms. The third-order valence-electron chi connectivity index (χ3n) is 5.71. The molecule has 5 heteroatoms. The van der Waals surface area contributed by atoms with Crippen molar-refractivity contribution in [2.45, 2.75) is 90.9 Å². The van der Waals surface area contributed by atoms with Crippen molar-refractivity contribution in [3.05, 3.63) is 12.2 Å². The zero-order valence-corrected chi connectivity index (χ0v) is 18.0. The normalized spacial score (nSPS) is 20.5. The first-order valence-corrected chi connectivity index (χ1v) is 11.2. The van der Waals surface area contributed by atoms with Gasteiger partial charge < -0.3 is 0 Å². The van der Waals surface area contributed by atoms with E-state index < -0.39 is 0 Å². The third-order valence-corrected chi connectivity index (χ3v) is 5.98. The number of carbonyl (C=O) groups is 2. The van der Waals surface area contributed by atoms with Gasteiger partial charge in [0.1, 0.15) is 5.78 Å². The maximum atomic E-state index is 12.3. The first-order valence-electron chi connectivity index (χ1n) is 10.6. The summed E-state index contributed by atoms with van der Waals surface area (Å²) >= 11 is 5.69. The molecule has 1 saturated carbocycles. The van der Waals surface area contributed by atoms with Gasteiger partial charge in [0.15, 0.2) is 0 Å². The summed E-state index contributed by atoms with van der Waals surface area (Å²) in [5.41, 5.74) is 2.16. The predicted molar refractivity (Wildman–Crippen MR) is 113 cm³/mol. The van der Waals surface area contributed by atoms with E-state index in [1.54, 1.807) is 0 Å². The standard InChI is InChI=1S/C22H39ClN2O2/c1-22(2,17-21(27)25-24)15-9-8-12-19-18(13-14-20(19)26)11-7-5-3-4-6-10-16-23/h7,11,18-19H,3-6,8-10,12-17,24H2,1-2H3,(H,25,27)/t18-,19+/m0/s1. The Balaban J connectivity index is 2.29. The second-order valence-corrected chi connectivity index (χ2v) is 9.13. The lowest BCUT2D eigenvalue weighted by atomic mass is 9.82. The Morgan fingerprint density at radius 2 is 1.96 bits per heavy atom. The van der Waals surface area contributed by atoms with Crippen molar-refractivity contribution in [2.24, 2.45) is 23.1 Å². The molecule has 0 unspecified atom stereocenters. The first kappa shape index (κ1) is 24.2. The summed E-state index contributed by atoms with van der Waals surface area (Å²) in [5.74, 6) is 6.90. The molecule has 0 aromatic heterocycles. The number of Topliss-reactive ketones (excluding diaryl/α,β-unsaturated/α-hetero) is 1. The van der Waals surface area contributed by atoms with Crippen LogP contribution in [0.3, 0.4) is 0 Å². The summed E-state index contributed by atoms with van der Waals surface area (Å²) in [5, 5.41) is 0. The highest BCUT2D eigenvalue weighted by Gasteiger charge is 2.32. The number of nitrogens with one attached hydrogen (secondary N) is 1. The van der Waals surface area contributed by atoms with Gasteiger partial charge in [-0.05, 0) is 49.9 Å². The predicted octanol–water partition coefficient (Wildman–Crippen LogP) is 5.29. The molecular formula is C22H39ClN2O2. The molecule has 0 heterocycles. The van der Waals surface area contributed by atoms with Crippen LogP contribution in [-0.2, 0) is 9.59 Å². The average Bonchev–Trinajstić information content (AvgIpc) is 2.97. The zero-order valence-electron chi connectivity index (χ0n) is 17.3. The number of halogens is 1. The highest BCUT2D eigenvalue weighted by atomic mass is 35.5. The van der Waals surface area contributed by atoms with Crippen molar-refractivity contribution in [3.63, 3.8) is 0 Å². The summed E-state index contributed by atoms with van der Waals surface area (Å²) in [6.07, 6.45) is 16.7. The van der Waals surface area contributed by atoms with E-state index in [2.05, 4.69) is 31.4 Å². The maximum absolute atomic E-state index is 12.3. The Hall–Kier alpha value is -0.870. The highest BCUT2D eigenvalue weighted by Crippen LogP contribution is 2.35. The second-order valence-electron chi connectivity index (χ2n) is 8.75. The van der Waals surface area contributed by atoms with Gasteiger partial charge >= 0.3 is 0 Å². The molecule has 1 rings (SSSR count). The Labute approximate surface area is 170 Å². The van der Waals surface area contributed by atoms with Crippen molar-refractivity contribution in [2.75, 3.05) is 5.88 Å². The lowest BCUT2D eigenvalue weighted by molar-refractivity contribution is -0.123. The number of carbonyl (C=O) groups excluding carboxylic acids is 2. The number of nitrogens with two attached hydrogens (primary N) is 1. The van der Waals surface area contributed by atoms with Crippen molar-refractivity contribution >= 4 is 23.3 Å². The van der Waals surface area contributed by atoms with E-state index in [-0.39, 0.29) is 17.2 Å². The molecule has 1 amide bonds. The maximum Gasteiger partial charge on any atom is 0.234 e. The van der Waals surface area contributed by atoms with Crippen LogP contribution in [0.2, 0.25) is 0 Å². The van der Waals surface area contributed by atoms with E-state index in [1.807, 2.05) is 0 Å². The fourth-order valence-corrected chi connectivity index (χ4v) is 4.25. The van der Waals surface area contributed by atoms with Crippen LogP contribution >= 0.6 is 11.6 Å². The fraction of sp³-hybridized carbons (Fsp3) is 0.818. The quantitative estimate of drug-likeness (QED) is 0.104. The van der Waals surface area contributed by atoms with E-state index in [4.69, 9.17) is 17.4 Å². The number of hydrazine groups is 1. The Kier molecular flexibility index (Phi) is 11.9. The zero-order chi connectivity index (χ0) is 20.1. The Morgan fingerprint density at radius 1 is 1.22 bits per heavy atom. The number of unbranched alkanes of at least 4 members (excludes halogenated alkanes) is 5. The summed E-state index contributed by atoms with van der Waals surface area (Å²) in [4.78, 5) is 23.7. The number of hydrogen-bond acceptors (Lipinski definition) is 3. The van der Waals surface area contributed by atoms with Crippen LogP contribution in [0.1, 0.15) is 90.9 Å². The molecule has 1 aliphatic rings. The van der Waals surface area contributed by atoms with Crippen LogP contribution in [0.15, 0.2) is 12.2 Å². The van der Waals surface area contributed by atoms with Crippen LogP contribution in [0, 0.1) is 17.3 Å². The van der Waals surface area contributed by atoms with Crippen LogP contribution < -0.4 is 11.3 Å². The van der Waals surface area contributed by atoms with Crippen molar-refractivity contribution in [1.29, 1.82) is 0 Å². The van der Waals surface area contributed by atoms with Crippen LogP contribution in [0.25, 0.3) is 0 Å².